The predicted molar refractivity (Wildman–Crippen MR) is 211 cm³/mol. The maximum atomic E-state index is 14.0. The first-order valence-corrected chi connectivity index (χ1v) is 18.5. The highest BCUT2D eigenvalue weighted by atomic mass is 16.6. The maximum Gasteiger partial charge on any atom is 0.408 e. The number of aromatic nitrogens is 1. The maximum absolute atomic E-state index is 14.0. The van der Waals surface area contributed by atoms with Crippen LogP contribution in [0.2, 0.25) is 0 Å². The molecule has 0 aliphatic rings. The van der Waals surface area contributed by atoms with Gasteiger partial charge in [-0.15, -0.1) is 0 Å². The van der Waals surface area contributed by atoms with Gasteiger partial charge >= 0.3 is 18.2 Å². The number of nitrogens with one attached hydrogen (secondary N) is 3. The van der Waals surface area contributed by atoms with E-state index in [9.17, 15) is 29.1 Å². The van der Waals surface area contributed by atoms with Gasteiger partial charge < -0.3 is 41.0 Å². The van der Waals surface area contributed by atoms with Gasteiger partial charge in [0.05, 0.1) is 24.3 Å². The number of carbonyl (C=O) groups excluding carboxylic acids is 5. The molecule has 0 bridgehead atoms. The Morgan fingerprint density at radius 3 is 1.88 bits per heavy atom. The largest absolute Gasteiger partial charge is 0.458 e. The van der Waals surface area contributed by atoms with E-state index in [1.165, 1.54) is 21.0 Å². The summed E-state index contributed by atoms with van der Waals surface area (Å²) in [5, 5.41) is 20.0. The Hall–Kier alpha value is -5.50. The highest BCUT2D eigenvalue weighted by Crippen LogP contribution is 2.26. The molecule has 56 heavy (non-hydrogen) atoms. The second kappa shape index (κ2) is 19.4. The fourth-order valence-corrected chi connectivity index (χ4v) is 5.82. The van der Waals surface area contributed by atoms with Crippen molar-refractivity contribution < 1.29 is 43.3 Å². The van der Waals surface area contributed by atoms with Crippen molar-refractivity contribution in [2.24, 2.45) is 16.6 Å². The van der Waals surface area contributed by atoms with Crippen molar-refractivity contribution in [1.29, 1.82) is 0 Å². The number of rotatable bonds is 16. The van der Waals surface area contributed by atoms with Crippen LogP contribution in [0, 0.1) is 10.8 Å². The van der Waals surface area contributed by atoms with Gasteiger partial charge in [0.25, 0.3) is 0 Å². The Morgan fingerprint density at radius 2 is 1.34 bits per heavy atom. The predicted octanol–water partition coefficient (Wildman–Crippen LogP) is 4.86. The molecule has 3 rings (SSSR count). The van der Waals surface area contributed by atoms with E-state index in [1.807, 2.05) is 48.5 Å². The van der Waals surface area contributed by atoms with Gasteiger partial charge in [-0.1, -0.05) is 81.4 Å². The van der Waals surface area contributed by atoms with E-state index in [0.29, 0.717) is 0 Å². The van der Waals surface area contributed by atoms with Crippen LogP contribution in [0.25, 0.3) is 11.3 Å². The molecule has 0 aliphatic heterocycles. The van der Waals surface area contributed by atoms with Crippen molar-refractivity contribution in [2.75, 3.05) is 7.11 Å². The number of hydrogen-bond donors (Lipinski definition) is 5. The Kier molecular flexibility index (Phi) is 15.5. The van der Waals surface area contributed by atoms with Crippen molar-refractivity contribution >= 4 is 30.0 Å². The average molecular weight is 776 g/mol. The molecule has 5 atom stereocenters. The second-order valence-corrected chi connectivity index (χ2v) is 16.4. The Labute approximate surface area is 329 Å². The van der Waals surface area contributed by atoms with Crippen molar-refractivity contribution in [3.63, 3.8) is 0 Å². The lowest BCUT2D eigenvalue weighted by atomic mass is 9.83. The molecule has 0 unspecified atom stereocenters. The fourth-order valence-electron chi connectivity index (χ4n) is 5.82. The van der Waals surface area contributed by atoms with Gasteiger partial charge in [0.2, 0.25) is 11.8 Å². The van der Waals surface area contributed by atoms with Crippen LogP contribution in [0.4, 0.5) is 9.59 Å². The number of aliphatic hydroxyl groups is 1. The monoisotopic (exact) mass is 775 g/mol. The third-order valence-electron chi connectivity index (χ3n) is 9.07. The number of methoxy groups -OCH3 is 1. The number of hydrogen-bond acceptors (Lipinski definition) is 10. The number of alkyl carbamates (subject to hydrolysis) is 2. The first-order valence-electron chi connectivity index (χ1n) is 18.5. The minimum atomic E-state index is -1.64. The van der Waals surface area contributed by atoms with Crippen LogP contribution in [-0.2, 0) is 41.4 Å². The number of benzene rings is 2. The van der Waals surface area contributed by atoms with Crippen molar-refractivity contribution in [2.45, 2.75) is 111 Å². The fraction of sp³-hybridized carbons (Fsp3) is 0.476. The van der Waals surface area contributed by atoms with Crippen molar-refractivity contribution in [3.8, 4) is 11.3 Å². The molecule has 0 fully saturated rings. The van der Waals surface area contributed by atoms with Gasteiger partial charge in [0, 0.05) is 24.2 Å². The molecule has 0 aliphatic carbocycles. The summed E-state index contributed by atoms with van der Waals surface area (Å²) in [5.41, 5.74) is 5.59. The molecule has 2 aromatic carbocycles. The van der Waals surface area contributed by atoms with E-state index in [1.54, 1.807) is 72.0 Å². The molecular formula is C42H57N5O9. The lowest BCUT2D eigenvalue weighted by Crippen LogP contribution is -2.58. The molecule has 4 amide bonds. The topological polar surface area (TPSA) is 208 Å². The smallest absolute Gasteiger partial charge is 0.408 e. The standard InChI is InChI=1S/C42H57N5O9/c1-40(2,3)33(46-38(52)54-9)35(49)45-29(23-27-18-20-28(21-19-27)30-17-13-14-22-44-30)25-31(48)32(24-26-15-11-10-12-16-26)55-36(50)34(42(7,8)37(43)51)47-39(53)56-41(4,5)6/h10-22,29,31-34,48H,23-25H2,1-9H3,(H2,43,51)(H,45,49)(H,46,52)(H,47,53)/t29-,31-,32-,33+,34+/m0/s1. The number of amides is 4. The molecular weight excluding hydrogens is 718 g/mol. The summed E-state index contributed by atoms with van der Waals surface area (Å²) in [5.74, 6) is -2.44. The number of pyridine rings is 1. The molecule has 14 heteroatoms. The zero-order valence-corrected chi connectivity index (χ0v) is 33.8. The van der Waals surface area contributed by atoms with Crippen LogP contribution in [-0.4, -0.2) is 83.1 Å². The molecule has 1 heterocycles. The molecule has 0 spiro atoms. The van der Waals surface area contributed by atoms with Crippen LogP contribution < -0.4 is 21.7 Å². The Balaban J connectivity index is 2.00. The minimum absolute atomic E-state index is 0.0395. The average Bonchev–Trinajstić information content (AvgIpc) is 3.12. The van der Waals surface area contributed by atoms with Crippen molar-refractivity contribution in [1.82, 2.24) is 20.9 Å². The van der Waals surface area contributed by atoms with Crippen molar-refractivity contribution in [3.05, 3.63) is 90.1 Å². The number of esters is 1. The number of aliphatic hydroxyl groups excluding tert-OH is 1. The van der Waals surface area contributed by atoms with E-state index >= 15 is 0 Å². The highest BCUT2D eigenvalue weighted by molar-refractivity contribution is 5.91. The minimum Gasteiger partial charge on any atom is -0.458 e. The van der Waals surface area contributed by atoms with Gasteiger partial charge in [-0.2, -0.15) is 0 Å². The van der Waals surface area contributed by atoms with E-state index in [-0.39, 0.29) is 19.3 Å². The van der Waals surface area contributed by atoms with Crippen LogP contribution in [0.3, 0.4) is 0 Å². The molecule has 304 valence electrons. The number of primary amides is 1. The van der Waals surface area contributed by atoms with Gasteiger partial charge in [-0.3, -0.25) is 14.6 Å². The zero-order valence-electron chi connectivity index (χ0n) is 33.8. The molecule has 0 saturated heterocycles. The van der Waals surface area contributed by atoms with Crippen LogP contribution >= 0.6 is 0 Å². The SMILES string of the molecule is COC(=O)N[C@H](C(=O)N[C@@H](Cc1ccc(-c2ccccn2)cc1)C[C@H](O)[C@H](Cc1ccccc1)OC(=O)[C@@H](NC(=O)OC(C)(C)C)C(C)(C)C(N)=O)C(C)(C)C. The Morgan fingerprint density at radius 1 is 0.750 bits per heavy atom. The third-order valence-corrected chi connectivity index (χ3v) is 9.07. The number of nitrogens with zero attached hydrogens (tertiary/aromatic N) is 1. The summed E-state index contributed by atoms with van der Waals surface area (Å²) in [4.78, 5) is 70.0. The van der Waals surface area contributed by atoms with E-state index in [0.717, 1.165) is 22.4 Å². The Bertz CT molecular complexity index is 1770. The van der Waals surface area contributed by atoms with E-state index in [4.69, 9.17) is 19.9 Å². The summed E-state index contributed by atoms with van der Waals surface area (Å²) in [6.07, 6.45) is -2.51. The lowest BCUT2D eigenvalue weighted by molar-refractivity contribution is -0.163. The molecule has 0 saturated carbocycles. The van der Waals surface area contributed by atoms with Gasteiger partial charge in [-0.25, -0.2) is 14.4 Å². The molecule has 6 N–H and O–H groups in total. The summed E-state index contributed by atoms with van der Waals surface area (Å²) < 4.78 is 16.1. The molecule has 3 aromatic rings. The number of nitrogens with two attached hydrogens (primary N) is 1. The first kappa shape index (κ1) is 44.9. The zero-order chi connectivity index (χ0) is 41.8. The van der Waals surface area contributed by atoms with Crippen LogP contribution in [0.15, 0.2) is 79.0 Å². The third kappa shape index (κ3) is 13.7. The first-order chi connectivity index (χ1) is 26.1. The van der Waals surface area contributed by atoms with Gasteiger partial charge in [0.15, 0.2) is 0 Å². The molecule has 1 aromatic heterocycles. The van der Waals surface area contributed by atoms with E-state index < -0.39 is 76.7 Å². The van der Waals surface area contributed by atoms with E-state index in [2.05, 4.69) is 20.9 Å². The molecule has 14 nitrogen and oxygen atoms in total. The number of ether oxygens (including phenoxy) is 3. The van der Waals surface area contributed by atoms with Crippen LogP contribution in [0.1, 0.15) is 72.9 Å². The normalized spacial score (nSPS) is 14.5. The lowest BCUT2D eigenvalue weighted by Gasteiger charge is -2.34. The van der Waals surface area contributed by atoms with Gasteiger partial charge in [0.1, 0.15) is 23.8 Å². The quantitative estimate of drug-likeness (QED) is 0.0987. The summed E-state index contributed by atoms with van der Waals surface area (Å²) >= 11 is 0. The highest BCUT2D eigenvalue weighted by Gasteiger charge is 2.44. The summed E-state index contributed by atoms with van der Waals surface area (Å²) in [6.45, 7) is 13.1. The summed E-state index contributed by atoms with van der Waals surface area (Å²) in [7, 11) is 1.20. The number of carbonyl (C=O) groups is 5. The van der Waals surface area contributed by atoms with Gasteiger partial charge in [-0.05, 0) is 76.1 Å². The molecule has 0 radical (unpaired) electrons. The van der Waals surface area contributed by atoms with Crippen LogP contribution in [0.5, 0.6) is 0 Å². The second-order valence-electron chi connectivity index (χ2n) is 16.4. The summed E-state index contributed by atoms with van der Waals surface area (Å²) in [6, 6.07) is 18.8.